The fraction of sp³-hybridized carbons (Fsp3) is 0.348. The number of aryl methyl sites for hydroxylation is 2. The number of aromatic amines is 1. The van der Waals surface area contributed by atoms with Gasteiger partial charge in [0.15, 0.2) is 9.84 Å². The van der Waals surface area contributed by atoms with E-state index < -0.39 is 16.0 Å². The van der Waals surface area contributed by atoms with Gasteiger partial charge in [-0.3, -0.25) is 0 Å². The van der Waals surface area contributed by atoms with Gasteiger partial charge in [0.1, 0.15) is 22.1 Å². The molecule has 0 saturated heterocycles. The third kappa shape index (κ3) is 4.38. The molecule has 0 bridgehead atoms. The first-order valence-electron chi connectivity index (χ1n) is 10.4. The minimum Gasteiger partial charge on any atom is -0.507 e. The summed E-state index contributed by atoms with van der Waals surface area (Å²) in [5, 5.41) is 19.8. The number of sulfone groups is 1. The number of carbonyl (C=O) groups is 1. The zero-order valence-corrected chi connectivity index (χ0v) is 18.7. The van der Waals surface area contributed by atoms with E-state index in [1.165, 1.54) is 18.2 Å². The van der Waals surface area contributed by atoms with Crippen molar-refractivity contribution in [2.75, 3.05) is 5.75 Å². The molecule has 32 heavy (non-hydrogen) atoms. The predicted octanol–water partition coefficient (Wildman–Crippen LogP) is 5.30. The number of hydrogen-bond donors (Lipinski definition) is 3. The molecular formula is C23H25NO7S. The largest absolute Gasteiger partial charge is 0.512 e. The molecule has 4 rings (SSSR count). The Labute approximate surface area is 185 Å². The van der Waals surface area contributed by atoms with Crippen molar-refractivity contribution in [3.8, 4) is 23.1 Å². The zero-order chi connectivity index (χ0) is 23.0. The van der Waals surface area contributed by atoms with Crippen molar-refractivity contribution in [2.24, 2.45) is 5.92 Å². The molecule has 3 N–H and O–H groups in total. The van der Waals surface area contributed by atoms with Crippen LogP contribution in [0.2, 0.25) is 0 Å². The molecule has 3 aromatic rings. The van der Waals surface area contributed by atoms with Gasteiger partial charge in [-0.25, -0.2) is 13.2 Å². The number of benzene rings is 2. The van der Waals surface area contributed by atoms with E-state index in [-0.39, 0.29) is 33.9 Å². The standard InChI is InChI=1S/C23H25NO7S/c1-13-9-18-17(11-21(24-18)31-23(26)27)14(2)22(13)30-16-7-8-19(25)20(10-16)32(28,29)12-15-5-3-4-6-15/h7-11,15,24-25H,3-6,12H2,1-2H3,(H,26,27). The average Bonchev–Trinajstić information content (AvgIpc) is 3.35. The molecule has 1 aromatic heterocycles. The summed E-state index contributed by atoms with van der Waals surface area (Å²) in [5.74, 6) is 0.743. The van der Waals surface area contributed by atoms with Crippen molar-refractivity contribution in [3.63, 3.8) is 0 Å². The highest BCUT2D eigenvalue weighted by Gasteiger charge is 2.27. The highest BCUT2D eigenvalue weighted by Crippen LogP contribution is 2.38. The van der Waals surface area contributed by atoms with E-state index in [2.05, 4.69) is 4.98 Å². The molecule has 1 fully saturated rings. The summed E-state index contributed by atoms with van der Waals surface area (Å²) in [6.45, 7) is 3.65. The summed E-state index contributed by atoms with van der Waals surface area (Å²) in [4.78, 5) is 13.6. The first kappa shape index (κ1) is 22.0. The number of rotatable bonds is 6. The topological polar surface area (TPSA) is 126 Å². The monoisotopic (exact) mass is 459 g/mol. The van der Waals surface area contributed by atoms with Crippen molar-refractivity contribution in [1.82, 2.24) is 4.98 Å². The van der Waals surface area contributed by atoms with Crippen LogP contribution < -0.4 is 9.47 Å². The van der Waals surface area contributed by atoms with Crippen LogP contribution in [0, 0.1) is 19.8 Å². The number of phenolic OH excluding ortho intramolecular Hbond substituents is 1. The second-order valence-corrected chi connectivity index (χ2v) is 10.3. The minimum atomic E-state index is -3.66. The molecule has 8 nitrogen and oxygen atoms in total. The van der Waals surface area contributed by atoms with Crippen LogP contribution in [-0.2, 0) is 9.84 Å². The maximum absolute atomic E-state index is 12.9. The van der Waals surface area contributed by atoms with E-state index in [1.54, 1.807) is 12.1 Å². The van der Waals surface area contributed by atoms with Gasteiger partial charge in [0.2, 0.25) is 5.88 Å². The van der Waals surface area contributed by atoms with Gasteiger partial charge in [0.05, 0.1) is 5.75 Å². The Morgan fingerprint density at radius 1 is 1.16 bits per heavy atom. The number of phenols is 1. The highest BCUT2D eigenvalue weighted by atomic mass is 32.2. The van der Waals surface area contributed by atoms with Crippen LogP contribution >= 0.6 is 0 Å². The lowest BCUT2D eigenvalue weighted by atomic mass is 10.1. The normalized spacial score (nSPS) is 14.7. The average molecular weight is 460 g/mol. The summed E-state index contributed by atoms with van der Waals surface area (Å²) in [6.07, 6.45) is 2.43. The van der Waals surface area contributed by atoms with Crippen LogP contribution in [0.4, 0.5) is 4.79 Å². The van der Waals surface area contributed by atoms with E-state index in [9.17, 15) is 18.3 Å². The fourth-order valence-corrected chi connectivity index (χ4v) is 6.19. The van der Waals surface area contributed by atoms with Gasteiger partial charge >= 0.3 is 6.16 Å². The van der Waals surface area contributed by atoms with Gasteiger partial charge < -0.3 is 24.7 Å². The van der Waals surface area contributed by atoms with Crippen molar-refractivity contribution < 1.29 is 32.9 Å². The van der Waals surface area contributed by atoms with Gasteiger partial charge in [-0.2, -0.15) is 0 Å². The summed E-state index contributed by atoms with van der Waals surface area (Å²) in [5.41, 5.74) is 2.19. The number of ether oxygens (including phenoxy) is 2. The van der Waals surface area contributed by atoms with Crippen LogP contribution in [0.3, 0.4) is 0 Å². The molecule has 0 spiro atoms. The summed E-state index contributed by atoms with van der Waals surface area (Å²) >= 11 is 0. The highest BCUT2D eigenvalue weighted by molar-refractivity contribution is 7.91. The predicted molar refractivity (Wildman–Crippen MR) is 119 cm³/mol. The minimum absolute atomic E-state index is 0.0176. The molecule has 1 aliphatic carbocycles. The molecule has 0 unspecified atom stereocenters. The molecule has 0 amide bonds. The number of nitrogens with one attached hydrogen (secondary N) is 1. The molecule has 0 aliphatic heterocycles. The fourth-order valence-electron chi connectivity index (χ4n) is 4.38. The molecule has 1 saturated carbocycles. The lowest BCUT2D eigenvalue weighted by molar-refractivity contribution is 0.143. The summed E-state index contributed by atoms with van der Waals surface area (Å²) in [7, 11) is -3.66. The number of hydrogen-bond acceptors (Lipinski definition) is 6. The Hall–Kier alpha value is -3.20. The van der Waals surface area contributed by atoms with E-state index in [0.29, 0.717) is 11.3 Å². The molecule has 0 radical (unpaired) electrons. The third-order valence-corrected chi connectivity index (χ3v) is 7.81. The van der Waals surface area contributed by atoms with Gasteiger partial charge in [-0.15, -0.1) is 0 Å². The Bertz CT molecular complexity index is 1290. The molecule has 2 aromatic carbocycles. The Morgan fingerprint density at radius 3 is 2.56 bits per heavy atom. The second-order valence-electron chi connectivity index (χ2n) is 8.27. The SMILES string of the molecule is Cc1cc2[nH]c(OC(=O)O)cc2c(C)c1Oc1ccc(O)c(S(=O)(=O)CC2CCCC2)c1. The lowest BCUT2D eigenvalue weighted by Crippen LogP contribution is -2.14. The van der Waals surface area contributed by atoms with E-state index in [4.69, 9.17) is 14.6 Å². The van der Waals surface area contributed by atoms with Gasteiger partial charge in [-0.05, 0) is 56.4 Å². The van der Waals surface area contributed by atoms with Gasteiger partial charge in [-0.1, -0.05) is 12.8 Å². The van der Waals surface area contributed by atoms with Gasteiger partial charge in [0.25, 0.3) is 0 Å². The number of fused-ring (bicyclic) bond motifs is 1. The first-order valence-corrected chi connectivity index (χ1v) is 12.1. The third-order valence-electron chi connectivity index (χ3n) is 5.90. The zero-order valence-electron chi connectivity index (χ0n) is 17.8. The van der Waals surface area contributed by atoms with Crippen LogP contribution in [0.15, 0.2) is 35.2 Å². The smallest absolute Gasteiger partial charge is 0.507 e. The van der Waals surface area contributed by atoms with Crippen molar-refractivity contribution in [2.45, 2.75) is 44.4 Å². The number of aromatic hydroxyl groups is 1. The summed E-state index contributed by atoms with van der Waals surface area (Å²) < 4.78 is 36.6. The number of aromatic nitrogens is 1. The Morgan fingerprint density at radius 2 is 1.88 bits per heavy atom. The molecule has 0 atom stereocenters. The Balaban J connectivity index is 1.67. The number of H-pyrrole nitrogens is 1. The maximum atomic E-state index is 12.9. The van der Waals surface area contributed by atoms with Crippen LogP contribution in [0.5, 0.6) is 23.1 Å². The maximum Gasteiger partial charge on any atom is 0.512 e. The quantitative estimate of drug-likeness (QED) is 0.427. The van der Waals surface area contributed by atoms with Crippen molar-refractivity contribution >= 4 is 26.9 Å². The molecular weight excluding hydrogens is 434 g/mol. The number of carboxylic acid groups (broad SMARTS) is 1. The molecule has 170 valence electrons. The van der Waals surface area contributed by atoms with Crippen molar-refractivity contribution in [3.05, 3.63) is 41.5 Å². The van der Waals surface area contributed by atoms with Crippen LogP contribution in [0.25, 0.3) is 10.9 Å². The van der Waals surface area contributed by atoms with Crippen molar-refractivity contribution in [1.29, 1.82) is 0 Å². The van der Waals surface area contributed by atoms with Crippen LogP contribution in [0.1, 0.15) is 36.8 Å². The first-order chi connectivity index (χ1) is 15.1. The van der Waals surface area contributed by atoms with Crippen LogP contribution in [-0.4, -0.2) is 35.5 Å². The Kier molecular flexibility index (Phi) is 5.77. The second kappa shape index (κ2) is 8.38. The lowest BCUT2D eigenvalue weighted by Gasteiger charge is -2.15. The van der Waals surface area contributed by atoms with Gasteiger partial charge in [0, 0.05) is 28.6 Å². The van der Waals surface area contributed by atoms with E-state index in [1.807, 2.05) is 13.8 Å². The molecule has 9 heteroatoms. The molecule has 1 aliphatic rings. The van der Waals surface area contributed by atoms with E-state index >= 15 is 0 Å². The molecule has 1 heterocycles. The summed E-state index contributed by atoms with van der Waals surface area (Å²) in [6, 6.07) is 7.57. The van der Waals surface area contributed by atoms with E-state index in [0.717, 1.165) is 42.2 Å².